The fourth-order valence-corrected chi connectivity index (χ4v) is 3.62. The third-order valence-corrected chi connectivity index (χ3v) is 4.72. The number of rotatable bonds is 2. The molecule has 0 unspecified atom stereocenters. The van der Waals surface area contributed by atoms with E-state index in [1.807, 2.05) is 0 Å². The van der Waals surface area contributed by atoms with Gasteiger partial charge in [-0.25, -0.2) is 0 Å². The zero-order valence-electron chi connectivity index (χ0n) is 12.9. The Labute approximate surface area is 121 Å². The number of nitrogens with zero attached hydrogens (tertiary/aromatic N) is 2. The highest BCUT2D eigenvalue weighted by atomic mass is 15.3. The first kappa shape index (κ1) is 13.4. The van der Waals surface area contributed by atoms with E-state index >= 15 is 0 Å². The number of hydrogen-bond acceptors (Lipinski definition) is 1. The van der Waals surface area contributed by atoms with Crippen molar-refractivity contribution in [1.29, 1.82) is 0 Å². The van der Waals surface area contributed by atoms with E-state index < -0.39 is 0 Å². The first-order chi connectivity index (χ1) is 9.59. The second-order valence-electron chi connectivity index (χ2n) is 6.47. The quantitative estimate of drug-likeness (QED) is 0.770. The van der Waals surface area contributed by atoms with Crippen molar-refractivity contribution in [2.75, 3.05) is 0 Å². The summed E-state index contributed by atoms with van der Waals surface area (Å²) < 4.78 is 2.09. The fraction of sp³-hybridized carbons (Fsp3) is 0.500. The van der Waals surface area contributed by atoms with Gasteiger partial charge in [0.2, 0.25) is 0 Å². The van der Waals surface area contributed by atoms with Gasteiger partial charge in [-0.3, -0.25) is 4.68 Å². The van der Waals surface area contributed by atoms with Crippen molar-refractivity contribution in [3.05, 3.63) is 41.6 Å². The molecule has 20 heavy (non-hydrogen) atoms. The number of aromatic nitrogens is 2. The van der Waals surface area contributed by atoms with Crippen LogP contribution in [-0.4, -0.2) is 9.78 Å². The van der Waals surface area contributed by atoms with Crippen molar-refractivity contribution in [3.63, 3.8) is 0 Å². The lowest BCUT2D eigenvalue weighted by molar-refractivity contribution is 0.401. The van der Waals surface area contributed by atoms with Crippen molar-refractivity contribution in [2.45, 2.75) is 45.4 Å². The summed E-state index contributed by atoms with van der Waals surface area (Å²) in [6, 6.07) is 10.7. The largest absolute Gasteiger partial charge is 0.267 e. The van der Waals surface area contributed by atoms with Crippen molar-refractivity contribution in [1.82, 2.24) is 9.78 Å². The standard InChI is InChI=1S/C18H24N2/c1-12(2)15-11-10-13(3)16-17(15)19-20(4)18(16)14-8-6-5-7-9-14/h5-9,12-13,15H,10-11H2,1-4H3/t13-,15+/m1/s1. The predicted octanol–water partition coefficient (Wildman–Crippen LogP) is 4.72. The van der Waals surface area contributed by atoms with E-state index in [1.165, 1.54) is 35.4 Å². The molecule has 0 bridgehead atoms. The van der Waals surface area contributed by atoms with Crippen molar-refractivity contribution in [2.24, 2.45) is 13.0 Å². The molecule has 1 aromatic heterocycles. The Morgan fingerprint density at radius 2 is 1.85 bits per heavy atom. The molecule has 0 aliphatic heterocycles. The molecule has 106 valence electrons. The van der Waals surface area contributed by atoms with E-state index in [1.54, 1.807) is 0 Å². The third kappa shape index (κ3) is 2.07. The Morgan fingerprint density at radius 3 is 2.50 bits per heavy atom. The number of fused-ring (bicyclic) bond motifs is 1. The maximum Gasteiger partial charge on any atom is 0.0716 e. The van der Waals surface area contributed by atoms with Crippen LogP contribution in [0.5, 0.6) is 0 Å². The zero-order chi connectivity index (χ0) is 14.3. The maximum absolute atomic E-state index is 4.90. The van der Waals surface area contributed by atoms with Crippen LogP contribution in [0, 0.1) is 5.92 Å². The molecular formula is C18H24N2. The second kappa shape index (κ2) is 5.08. The highest BCUT2D eigenvalue weighted by molar-refractivity contribution is 5.66. The van der Waals surface area contributed by atoms with Gasteiger partial charge in [-0.15, -0.1) is 0 Å². The smallest absolute Gasteiger partial charge is 0.0716 e. The van der Waals surface area contributed by atoms with E-state index in [4.69, 9.17) is 5.10 Å². The van der Waals surface area contributed by atoms with Crippen LogP contribution in [0.2, 0.25) is 0 Å². The predicted molar refractivity (Wildman–Crippen MR) is 83.9 cm³/mol. The second-order valence-corrected chi connectivity index (χ2v) is 6.47. The summed E-state index contributed by atoms with van der Waals surface area (Å²) in [7, 11) is 2.09. The minimum atomic E-state index is 0.615. The highest BCUT2D eigenvalue weighted by Crippen LogP contribution is 2.45. The first-order valence-corrected chi connectivity index (χ1v) is 7.71. The SMILES string of the molecule is CC(C)[C@@H]1CC[C@@H](C)c2c1nn(C)c2-c1ccccc1. The van der Waals surface area contributed by atoms with Crippen LogP contribution >= 0.6 is 0 Å². The van der Waals surface area contributed by atoms with Crippen molar-refractivity contribution in [3.8, 4) is 11.3 Å². The van der Waals surface area contributed by atoms with Crippen LogP contribution in [0.3, 0.4) is 0 Å². The van der Waals surface area contributed by atoms with E-state index in [9.17, 15) is 0 Å². The van der Waals surface area contributed by atoms with Crippen LogP contribution in [0.4, 0.5) is 0 Å². The molecule has 0 fully saturated rings. The molecule has 2 nitrogen and oxygen atoms in total. The summed E-state index contributed by atoms with van der Waals surface area (Å²) >= 11 is 0. The molecule has 2 aromatic rings. The van der Waals surface area contributed by atoms with Crippen molar-refractivity contribution < 1.29 is 0 Å². The lowest BCUT2D eigenvalue weighted by Gasteiger charge is -2.29. The van der Waals surface area contributed by atoms with Gasteiger partial charge in [0, 0.05) is 24.1 Å². The minimum absolute atomic E-state index is 0.615. The molecule has 1 aliphatic rings. The molecule has 2 heteroatoms. The Kier molecular flexibility index (Phi) is 3.41. The van der Waals surface area contributed by atoms with Crippen LogP contribution < -0.4 is 0 Å². The summed E-state index contributed by atoms with van der Waals surface area (Å²) in [4.78, 5) is 0. The van der Waals surface area contributed by atoms with Gasteiger partial charge in [0.05, 0.1) is 11.4 Å². The van der Waals surface area contributed by atoms with Gasteiger partial charge in [0.1, 0.15) is 0 Å². The summed E-state index contributed by atoms with van der Waals surface area (Å²) in [6.45, 7) is 6.99. The molecule has 0 amide bonds. The van der Waals surface area contributed by atoms with Crippen LogP contribution in [0.1, 0.15) is 56.7 Å². The monoisotopic (exact) mass is 268 g/mol. The van der Waals surface area contributed by atoms with Gasteiger partial charge >= 0.3 is 0 Å². The van der Waals surface area contributed by atoms with E-state index in [2.05, 4.69) is 62.8 Å². The van der Waals surface area contributed by atoms with Crippen molar-refractivity contribution >= 4 is 0 Å². The van der Waals surface area contributed by atoms with Crippen LogP contribution in [0.25, 0.3) is 11.3 Å². The summed E-state index contributed by atoms with van der Waals surface area (Å²) in [5.74, 6) is 1.90. The zero-order valence-corrected chi connectivity index (χ0v) is 12.9. The molecule has 0 radical (unpaired) electrons. The molecule has 0 saturated carbocycles. The average molecular weight is 268 g/mol. The molecule has 2 atom stereocenters. The molecule has 0 spiro atoms. The van der Waals surface area contributed by atoms with E-state index in [0.29, 0.717) is 17.8 Å². The fourth-order valence-electron chi connectivity index (χ4n) is 3.62. The highest BCUT2D eigenvalue weighted by Gasteiger charge is 2.33. The number of aryl methyl sites for hydroxylation is 1. The third-order valence-electron chi connectivity index (χ3n) is 4.72. The van der Waals surface area contributed by atoms with Gasteiger partial charge in [0.15, 0.2) is 0 Å². The summed E-state index contributed by atoms with van der Waals surface area (Å²) in [5, 5.41) is 4.90. The van der Waals surface area contributed by atoms with Gasteiger partial charge in [-0.05, 0) is 24.7 Å². The summed E-state index contributed by atoms with van der Waals surface area (Å²) in [6.07, 6.45) is 2.55. The molecule has 1 heterocycles. The van der Waals surface area contributed by atoms with Crippen LogP contribution in [0.15, 0.2) is 30.3 Å². The lowest BCUT2D eigenvalue weighted by Crippen LogP contribution is -2.16. The first-order valence-electron chi connectivity index (χ1n) is 7.71. The number of hydrogen-bond donors (Lipinski definition) is 0. The summed E-state index contributed by atoms with van der Waals surface area (Å²) in [5.41, 5.74) is 5.45. The Morgan fingerprint density at radius 1 is 1.15 bits per heavy atom. The molecule has 1 aromatic carbocycles. The van der Waals surface area contributed by atoms with Gasteiger partial charge in [-0.2, -0.15) is 5.10 Å². The van der Waals surface area contributed by atoms with E-state index in [-0.39, 0.29) is 0 Å². The minimum Gasteiger partial charge on any atom is -0.267 e. The Hall–Kier alpha value is -1.57. The Bertz CT molecular complexity index is 595. The molecule has 0 saturated heterocycles. The topological polar surface area (TPSA) is 17.8 Å². The molecule has 1 aliphatic carbocycles. The van der Waals surface area contributed by atoms with Crippen LogP contribution in [-0.2, 0) is 7.05 Å². The van der Waals surface area contributed by atoms with E-state index in [0.717, 1.165) is 0 Å². The van der Waals surface area contributed by atoms with Gasteiger partial charge < -0.3 is 0 Å². The lowest BCUT2D eigenvalue weighted by atomic mass is 9.75. The van der Waals surface area contributed by atoms with Gasteiger partial charge in [0.25, 0.3) is 0 Å². The maximum atomic E-state index is 4.90. The average Bonchev–Trinajstić information content (AvgIpc) is 2.77. The Balaban J connectivity index is 2.18. The molecule has 3 rings (SSSR count). The van der Waals surface area contributed by atoms with Gasteiger partial charge in [-0.1, -0.05) is 51.1 Å². The molecular weight excluding hydrogens is 244 g/mol. The molecule has 0 N–H and O–H groups in total. The number of benzene rings is 1. The normalized spacial score (nSPS) is 22.1.